The molecule has 0 bridgehead atoms. The molecule has 0 aliphatic carbocycles. The third-order valence-electron chi connectivity index (χ3n) is 1.56. The molecule has 0 fully saturated rings. The molecule has 11 heavy (non-hydrogen) atoms. The fourth-order valence-electron chi connectivity index (χ4n) is 0.998. The van der Waals surface area contributed by atoms with E-state index in [2.05, 4.69) is 10.1 Å². The average Bonchev–Trinajstić information content (AvgIpc) is 2.30. The summed E-state index contributed by atoms with van der Waals surface area (Å²) in [6, 6.07) is -0.0344. The highest BCUT2D eigenvalue weighted by Crippen LogP contribution is 2.05. The van der Waals surface area contributed by atoms with Gasteiger partial charge in [-0.15, -0.1) is 0 Å². The van der Waals surface area contributed by atoms with E-state index in [1.54, 1.807) is 4.68 Å². The molecule has 1 rings (SSSR count). The molecule has 2 N–H and O–H groups in total. The molecule has 0 radical (unpaired) electrons. The van der Waals surface area contributed by atoms with Crippen LogP contribution in [-0.2, 0) is 13.5 Å². The van der Waals surface area contributed by atoms with Gasteiger partial charge in [0.2, 0.25) is 0 Å². The Morgan fingerprint density at radius 2 is 2.27 bits per heavy atom. The Morgan fingerprint density at radius 1 is 1.64 bits per heavy atom. The Labute approximate surface area is 66.4 Å². The molecule has 1 atom stereocenters. The first kappa shape index (κ1) is 8.20. The van der Waals surface area contributed by atoms with Crippen molar-refractivity contribution in [3.63, 3.8) is 0 Å². The maximum atomic E-state index is 5.66. The lowest BCUT2D eigenvalue weighted by atomic mass is 10.3. The van der Waals surface area contributed by atoms with Gasteiger partial charge < -0.3 is 5.73 Å². The van der Waals surface area contributed by atoms with E-state index >= 15 is 0 Å². The second kappa shape index (κ2) is 3.00. The summed E-state index contributed by atoms with van der Waals surface area (Å²) in [5.74, 6) is 1.71. The standard InChI is InChI=1S/C7H14N4/c1-4-6-9-7(5(2)8)11(3)10-6/h5H,4,8H2,1-3H3. The smallest absolute Gasteiger partial charge is 0.150 e. The number of aromatic nitrogens is 3. The van der Waals surface area contributed by atoms with Crippen LogP contribution in [0.1, 0.15) is 31.5 Å². The molecule has 0 aromatic carbocycles. The zero-order valence-corrected chi connectivity index (χ0v) is 7.20. The van der Waals surface area contributed by atoms with Crippen LogP contribution < -0.4 is 5.73 Å². The van der Waals surface area contributed by atoms with Gasteiger partial charge in [0.05, 0.1) is 6.04 Å². The van der Waals surface area contributed by atoms with Gasteiger partial charge in [-0.25, -0.2) is 4.98 Å². The summed E-state index contributed by atoms with van der Waals surface area (Å²) in [6.45, 7) is 3.93. The summed E-state index contributed by atoms with van der Waals surface area (Å²) in [7, 11) is 1.87. The lowest BCUT2D eigenvalue weighted by molar-refractivity contribution is 0.637. The van der Waals surface area contributed by atoms with Crippen molar-refractivity contribution < 1.29 is 0 Å². The molecule has 1 unspecified atom stereocenters. The van der Waals surface area contributed by atoms with Crippen LogP contribution >= 0.6 is 0 Å². The predicted octanol–water partition coefficient (Wildman–Crippen LogP) is 0.397. The molecule has 4 heteroatoms. The van der Waals surface area contributed by atoms with E-state index in [1.165, 1.54) is 0 Å². The highest BCUT2D eigenvalue weighted by molar-refractivity contribution is 4.96. The highest BCUT2D eigenvalue weighted by Gasteiger charge is 2.08. The molecule has 0 saturated carbocycles. The summed E-state index contributed by atoms with van der Waals surface area (Å²) in [6.07, 6.45) is 0.862. The first-order valence-corrected chi connectivity index (χ1v) is 3.80. The minimum Gasteiger partial charge on any atom is -0.322 e. The van der Waals surface area contributed by atoms with Gasteiger partial charge in [0.1, 0.15) is 5.82 Å². The zero-order valence-electron chi connectivity index (χ0n) is 7.20. The van der Waals surface area contributed by atoms with E-state index in [0.29, 0.717) is 0 Å². The fourth-order valence-corrected chi connectivity index (χ4v) is 0.998. The van der Waals surface area contributed by atoms with Crippen molar-refractivity contribution in [2.75, 3.05) is 0 Å². The number of nitrogens with two attached hydrogens (primary N) is 1. The van der Waals surface area contributed by atoms with Crippen molar-refractivity contribution in [1.82, 2.24) is 14.8 Å². The third kappa shape index (κ3) is 1.57. The van der Waals surface area contributed by atoms with Crippen molar-refractivity contribution in [2.45, 2.75) is 26.3 Å². The van der Waals surface area contributed by atoms with E-state index in [-0.39, 0.29) is 6.04 Å². The molecule has 1 aromatic rings. The molecule has 1 aromatic heterocycles. The van der Waals surface area contributed by atoms with E-state index in [1.807, 2.05) is 20.9 Å². The van der Waals surface area contributed by atoms with Crippen LogP contribution in [0.25, 0.3) is 0 Å². The van der Waals surface area contributed by atoms with E-state index in [9.17, 15) is 0 Å². The molecule has 0 spiro atoms. The average molecular weight is 154 g/mol. The highest BCUT2D eigenvalue weighted by atomic mass is 15.3. The van der Waals surface area contributed by atoms with Gasteiger partial charge in [-0.05, 0) is 6.92 Å². The zero-order chi connectivity index (χ0) is 8.43. The molecular formula is C7H14N4. The Bertz CT molecular complexity index is 239. The summed E-state index contributed by atoms with van der Waals surface area (Å²) in [4.78, 5) is 4.25. The second-order valence-corrected chi connectivity index (χ2v) is 2.65. The topological polar surface area (TPSA) is 56.7 Å². The number of hydrogen-bond donors (Lipinski definition) is 1. The number of aryl methyl sites for hydroxylation is 2. The van der Waals surface area contributed by atoms with Gasteiger partial charge in [0.15, 0.2) is 5.82 Å². The van der Waals surface area contributed by atoms with Gasteiger partial charge in [-0.2, -0.15) is 5.10 Å². The molecular weight excluding hydrogens is 140 g/mol. The van der Waals surface area contributed by atoms with Crippen LogP contribution in [0.2, 0.25) is 0 Å². The molecule has 0 saturated heterocycles. The molecule has 4 nitrogen and oxygen atoms in total. The predicted molar refractivity (Wildman–Crippen MR) is 43.0 cm³/mol. The molecule has 0 amide bonds. The van der Waals surface area contributed by atoms with Crippen molar-refractivity contribution >= 4 is 0 Å². The van der Waals surface area contributed by atoms with Gasteiger partial charge >= 0.3 is 0 Å². The van der Waals surface area contributed by atoms with E-state index in [4.69, 9.17) is 5.73 Å². The second-order valence-electron chi connectivity index (χ2n) is 2.65. The Kier molecular flexibility index (Phi) is 2.24. The molecule has 0 aliphatic rings. The minimum atomic E-state index is -0.0344. The van der Waals surface area contributed by atoms with Crippen LogP contribution in [0.3, 0.4) is 0 Å². The Morgan fingerprint density at radius 3 is 2.55 bits per heavy atom. The monoisotopic (exact) mass is 154 g/mol. The van der Waals surface area contributed by atoms with Crippen LogP contribution in [0.5, 0.6) is 0 Å². The largest absolute Gasteiger partial charge is 0.322 e. The molecule has 1 heterocycles. The van der Waals surface area contributed by atoms with Gasteiger partial charge in [0, 0.05) is 13.5 Å². The van der Waals surface area contributed by atoms with Gasteiger partial charge in [-0.3, -0.25) is 4.68 Å². The lowest BCUT2D eigenvalue weighted by Gasteiger charge is -2.01. The maximum Gasteiger partial charge on any atom is 0.150 e. The lowest BCUT2D eigenvalue weighted by Crippen LogP contribution is -2.11. The van der Waals surface area contributed by atoms with Crippen LogP contribution in [0, 0.1) is 0 Å². The first-order valence-electron chi connectivity index (χ1n) is 3.80. The van der Waals surface area contributed by atoms with Gasteiger partial charge in [0.25, 0.3) is 0 Å². The summed E-state index contributed by atoms with van der Waals surface area (Å²) in [5, 5.41) is 4.18. The molecule has 62 valence electrons. The van der Waals surface area contributed by atoms with Gasteiger partial charge in [-0.1, -0.05) is 6.92 Å². The van der Waals surface area contributed by atoms with Crippen LogP contribution in [-0.4, -0.2) is 14.8 Å². The van der Waals surface area contributed by atoms with Crippen molar-refractivity contribution in [3.05, 3.63) is 11.6 Å². The maximum absolute atomic E-state index is 5.66. The van der Waals surface area contributed by atoms with E-state index in [0.717, 1.165) is 18.1 Å². The van der Waals surface area contributed by atoms with Crippen molar-refractivity contribution in [2.24, 2.45) is 12.8 Å². The third-order valence-corrected chi connectivity index (χ3v) is 1.56. The minimum absolute atomic E-state index is 0.0344. The Hall–Kier alpha value is -0.900. The quantitative estimate of drug-likeness (QED) is 0.670. The fraction of sp³-hybridized carbons (Fsp3) is 0.714. The number of nitrogens with zero attached hydrogens (tertiary/aromatic N) is 3. The SMILES string of the molecule is CCc1nc(C(C)N)n(C)n1. The molecule has 0 aliphatic heterocycles. The normalized spacial score (nSPS) is 13.5. The van der Waals surface area contributed by atoms with Crippen LogP contribution in [0.15, 0.2) is 0 Å². The summed E-state index contributed by atoms with van der Waals surface area (Å²) < 4.78 is 1.74. The first-order chi connectivity index (χ1) is 5.15. The number of hydrogen-bond acceptors (Lipinski definition) is 3. The summed E-state index contributed by atoms with van der Waals surface area (Å²) >= 11 is 0. The van der Waals surface area contributed by atoms with Crippen LogP contribution in [0.4, 0.5) is 0 Å². The van der Waals surface area contributed by atoms with Crippen molar-refractivity contribution in [3.8, 4) is 0 Å². The number of rotatable bonds is 2. The summed E-state index contributed by atoms with van der Waals surface area (Å²) in [5.41, 5.74) is 5.66. The Balaban J connectivity index is 2.97. The van der Waals surface area contributed by atoms with E-state index < -0.39 is 0 Å². The van der Waals surface area contributed by atoms with Crippen molar-refractivity contribution in [1.29, 1.82) is 0 Å².